The molecule has 0 saturated carbocycles. The van der Waals surface area contributed by atoms with E-state index in [-0.39, 0.29) is 0 Å². The molecule has 15 heavy (non-hydrogen) atoms. The van der Waals surface area contributed by atoms with Crippen molar-refractivity contribution in [2.75, 3.05) is 0 Å². The fourth-order valence-electron chi connectivity index (χ4n) is 1.52. The Hall–Kier alpha value is -1.49. The summed E-state index contributed by atoms with van der Waals surface area (Å²) in [6, 6.07) is 3.42. The van der Waals surface area contributed by atoms with E-state index >= 15 is 0 Å². The standard InChI is InChI=1S/C10H11F2N3/c1-10(13,9(11)12)7-5-15-8-6(7)3-2-4-14-8/h2-5,9H,13H2,1H3,(H,14,15). The molecule has 2 aromatic heterocycles. The highest BCUT2D eigenvalue weighted by molar-refractivity contribution is 5.80. The van der Waals surface area contributed by atoms with Crippen molar-refractivity contribution in [2.45, 2.75) is 18.9 Å². The molecule has 2 heterocycles. The van der Waals surface area contributed by atoms with E-state index in [1.807, 2.05) is 0 Å². The monoisotopic (exact) mass is 211 g/mol. The van der Waals surface area contributed by atoms with E-state index in [2.05, 4.69) is 9.97 Å². The minimum Gasteiger partial charge on any atom is -0.346 e. The van der Waals surface area contributed by atoms with E-state index in [0.29, 0.717) is 16.6 Å². The van der Waals surface area contributed by atoms with Gasteiger partial charge in [-0.2, -0.15) is 0 Å². The molecule has 0 bridgehead atoms. The van der Waals surface area contributed by atoms with Gasteiger partial charge < -0.3 is 10.7 Å². The Morgan fingerprint density at radius 2 is 2.27 bits per heavy atom. The largest absolute Gasteiger partial charge is 0.346 e. The molecule has 0 aliphatic rings. The molecular weight excluding hydrogens is 200 g/mol. The number of nitrogens with one attached hydrogen (secondary N) is 1. The quantitative estimate of drug-likeness (QED) is 0.798. The minimum atomic E-state index is -2.61. The van der Waals surface area contributed by atoms with Crippen LogP contribution in [-0.2, 0) is 5.54 Å². The van der Waals surface area contributed by atoms with Crippen molar-refractivity contribution in [3.05, 3.63) is 30.1 Å². The molecule has 0 aliphatic carbocycles. The fourth-order valence-corrected chi connectivity index (χ4v) is 1.52. The van der Waals surface area contributed by atoms with Gasteiger partial charge in [-0.1, -0.05) is 0 Å². The summed E-state index contributed by atoms with van der Waals surface area (Å²) < 4.78 is 25.5. The number of H-pyrrole nitrogens is 1. The highest BCUT2D eigenvalue weighted by Crippen LogP contribution is 2.30. The zero-order valence-corrected chi connectivity index (χ0v) is 8.17. The van der Waals surface area contributed by atoms with Crippen molar-refractivity contribution in [1.29, 1.82) is 0 Å². The van der Waals surface area contributed by atoms with Crippen LogP contribution in [0.2, 0.25) is 0 Å². The lowest BCUT2D eigenvalue weighted by Crippen LogP contribution is -2.40. The second-order valence-corrected chi connectivity index (χ2v) is 3.69. The molecule has 0 aliphatic heterocycles. The Morgan fingerprint density at radius 1 is 1.53 bits per heavy atom. The number of hydrogen-bond acceptors (Lipinski definition) is 2. The number of aromatic nitrogens is 2. The van der Waals surface area contributed by atoms with E-state index in [1.165, 1.54) is 13.1 Å². The maximum atomic E-state index is 12.7. The first-order chi connectivity index (χ1) is 7.03. The van der Waals surface area contributed by atoms with Gasteiger partial charge in [0.25, 0.3) is 6.43 Å². The molecule has 0 fully saturated rings. The van der Waals surface area contributed by atoms with Crippen LogP contribution < -0.4 is 5.73 Å². The van der Waals surface area contributed by atoms with Crippen LogP contribution in [0.1, 0.15) is 12.5 Å². The summed E-state index contributed by atoms with van der Waals surface area (Å²) in [5.74, 6) is 0. The summed E-state index contributed by atoms with van der Waals surface area (Å²) in [7, 11) is 0. The predicted molar refractivity (Wildman–Crippen MR) is 53.6 cm³/mol. The molecule has 2 rings (SSSR count). The Labute approximate surface area is 85.3 Å². The first-order valence-electron chi connectivity index (χ1n) is 4.53. The zero-order valence-electron chi connectivity index (χ0n) is 8.17. The van der Waals surface area contributed by atoms with Crippen molar-refractivity contribution >= 4 is 11.0 Å². The molecule has 0 spiro atoms. The van der Waals surface area contributed by atoms with Crippen LogP contribution in [0.3, 0.4) is 0 Å². The number of nitrogens with zero attached hydrogens (tertiary/aromatic N) is 1. The third kappa shape index (κ3) is 1.48. The highest BCUT2D eigenvalue weighted by Gasteiger charge is 2.34. The third-order valence-electron chi connectivity index (χ3n) is 2.48. The smallest absolute Gasteiger partial charge is 0.260 e. The second-order valence-electron chi connectivity index (χ2n) is 3.69. The summed E-state index contributed by atoms with van der Waals surface area (Å²) in [4.78, 5) is 6.84. The first kappa shape index (κ1) is 10.0. The predicted octanol–water partition coefficient (Wildman–Crippen LogP) is 2.00. The summed E-state index contributed by atoms with van der Waals surface area (Å²) in [6.07, 6.45) is 0.472. The fraction of sp³-hybridized carbons (Fsp3) is 0.300. The molecule has 5 heteroatoms. The van der Waals surface area contributed by atoms with Crippen molar-refractivity contribution in [1.82, 2.24) is 9.97 Å². The summed E-state index contributed by atoms with van der Waals surface area (Å²) >= 11 is 0. The van der Waals surface area contributed by atoms with Crippen LogP contribution in [0.5, 0.6) is 0 Å². The van der Waals surface area contributed by atoms with Gasteiger partial charge in [-0.15, -0.1) is 0 Å². The number of nitrogens with two attached hydrogens (primary N) is 1. The molecule has 0 saturated heterocycles. The molecule has 3 N–H and O–H groups in total. The van der Waals surface area contributed by atoms with Crippen molar-refractivity contribution in [2.24, 2.45) is 5.73 Å². The van der Waals surface area contributed by atoms with Gasteiger partial charge in [0.05, 0.1) is 0 Å². The Kier molecular flexibility index (Phi) is 2.19. The van der Waals surface area contributed by atoms with Crippen molar-refractivity contribution in [3.8, 4) is 0 Å². The van der Waals surface area contributed by atoms with Crippen LogP contribution in [0, 0.1) is 0 Å². The first-order valence-corrected chi connectivity index (χ1v) is 4.53. The van der Waals surface area contributed by atoms with Crippen LogP contribution in [-0.4, -0.2) is 16.4 Å². The van der Waals surface area contributed by atoms with Gasteiger partial charge in [0, 0.05) is 23.3 Å². The van der Waals surface area contributed by atoms with E-state index in [4.69, 9.17) is 5.73 Å². The topological polar surface area (TPSA) is 54.7 Å². The number of fused-ring (bicyclic) bond motifs is 1. The maximum Gasteiger partial charge on any atom is 0.260 e. The lowest BCUT2D eigenvalue weighted by molar-refractivity contribution is 0.0633. The van der Waals surface area contributed by atoms with Crippen LogP contribution in [0.25, 0.3) is 11.0 Å². The summed E-state index contributed by atoms with van der Waals surface area (Å²) in [6.45, 7) is 1.31. The average molecular weight is 211 g/mol. The van der Waals surface area contributed by atoms with Crippen molar-refractivity contribution in [3.63, 3.8) is 0 Å². The molecule has 0 aromatic carbocycles. The molecule has 1 atom stereocenters. The minimum absolute atomic E-state index is 0.389. The number of alkyl halides is 2. The molecule has 2 aromatic rings. The third-order valence-corrected chi connectivity index (χ3v) is 2.48. The van der Waals surface area contributed by atoms with Gasteiger partial charge in [-0.05, 0) is 19.1 Å². The van der Waals surface area contributed by atoms with Crippen LogP contribution in [0.15, 0.2) is 24.5 Å². The van der Waals surface area contributed by atoms with Crippen molar-refractivity contribution < 1.29 is 8.78 Å². The van der Waals surface area contributed by atoms with E-state index in [0.717, 1.165) is 0 Å². The van der Waals surface area contributed by atoms with Gasteiger partial charge in [-0.25, -0.2) is 13.8 Å². The van der Waals surface area contributed by atoms with E-state index in [9.17, 15) is 8.78 Å². The van der Waals surface area contributed by atoms with Gasteiger partial charge in [0.2, 0.25) is 0 Å². The maximum absolute atomic E-state index is 12.7. The van der Waals surface area contributed by atoms with Gasteiger partial charge >= 0.3 is 0 Å². The zero-order chi connectivity index (χ0) is 11.1. The molecule has 0 radical (unpaired) electrons. The van der Waals surface area contributed by atoms with Gasteiger partial charge in [0.15, 0.2) is 0 Å². The molecule has 0 amide bonds. The molecule has 80 valence electrons. The number of hydrogen-bond donors (Lipinski definition) is 2. The average Bonchev–Trinajstić information content (AvgIpc) is 2.61. The Balaban J connectivity index is 2.62. The lowest BCUT2D eigenvalue weighted by atomic mass is 9.94. The van der Waals surface area contributed by atoms with Gasteiger partial charge in [-0.3, -0.25) is 0 Å². The lowest BCUT2D eigenvalue weighted by Gasteiger charge is -2.22. The van der Waals surface area contributed by atoms with Crippen LogP contribution in [0.4, 0.5) is 8.78 Å². The normalized spacial score (nSPS) is 15.8. The van der Waals surface area contributed by atoms with Gasteiger partial charge in [0.1, 0.15) is 11.2 Å². The number of pyridine rings is 1. The SMILES string of the molecule is CC(N)(c1c[nH]c2ncccc12)C(F)F. The van der Waals surface area contributed by atoms with E-state index in [1.54, 1.807) is 18.3 Å². The number of halogens is 2. The molecule has 1 unspecified atom stereocenters. The summed E-state index contributed by atoms with van der Waals surface area (Å²) in [5.41, 5.74) is 4.91. The highest BCUT2D eigenvalue weighted by atomic mass is 19.3. The van der Waals surface area contributed by atoms with Crippen LogP contribution >= 0.6 is 0 Å². The van der Waals surface area contributed by atoms with E-state index < -0.39 is 12.0 Å². The Bertz CT molecular complexity index is 476. The Morgan fingerprint density at radius 3 is 2.93 bits per heavy atom. The summed E-state index contributed by atoms with van der Waals surface area (Å²) in [5, 5.41) is 0.641. The molecular formula is C10H11F2N3. The molecule has 3 nitrogen and oxygen atoms in total. The number of rotatable bonds is 2. The second kappa shape index (κ2) is 3.27. The number of aromatic amines is 1.